The zero-order valence-corrected chi connectivity index (χ0v) is 10.2. The van der Waals surface area contributed by atoms with Crippen molar-refractivity contribution in [3.05, 3.63) is 35.9 Å². The molecule has 1 aliphatic heterocycles. The first-order chi connectivity index (χ1) is 9.08. The van der Waals surface area contributed by atoms with Crippen LogP contribution in [0, 0.1) is 0 Å². The van der Waals surface area contributed by atoms with E-state index < -0.39 is 24.6 Å². The predicted octanol–water partition coefficient (Wildman–Crippen LogP) is -0.615. The van der Waals surface area contributed by atoms with E-state index in [1.807, 2.05) is 0 Å². The molecular weight excluding hydrogens is 252 g/mol. The van der Waals surface area contributed by atoms with Gasteiger partial charge in [0.25, 0.3) is 0 Å². The fraction of sp³-hybridized carbons (Fsp3) is 0.462. The maximum Gasteiger partial charge on any atom is 0.192 e. The topological polar surface area (TPSA) is 96.2 Å². The molecule has 0 bridgehead atoms. The van der Waals surface area contributed by atoms with Crippen LogP contribution in [0.4, 0.5) is 0 Å². The second kappa shape index (κ2) is 5.77. The first-order valence-electron chi connectivity index (χ1n) is 5.89. The fourth-order valence-electron chi connectivity index (χ4n) is 1.93. The van der Waals surface area contributed by atoms with E-state index in [-0.39, 0.29) is 19.0 Å². The highest BCUT2D eigenvalue weighted by Gasteiger charge is 2.47. The lowest BCUT2D eigenvalue weighted by atomic mass is 9.90. The van der Waals surface area contributed by atoms with E-state index in [9.17, 15) is 20.1 Å². The Morgan fingerprint density at radius 1 is 1.26 bits per heavy atom. The predicted molar refractivity (Wildman–Crippen MR) is 64.1 cm³/mol. The van der Waals surface area contributed by atoms with E-state index in [2.05, 4.69) is 0 Å². The molecule has 104 valence electrons. The van der Waals surface area contributed by atoms with E-state index in [0.717, 1.165) is 0 Å². The molecule has 0 spiro atoms. The van der Waals surface area contributed by atoms with E-state index in [0.29, 0.717) is 5.56 Å². The van der Waals surface area contributed by atoms with Crippen LogP contribution in [0.15, 0.2) is 30.3 Å². The van der Waals surface area contributed by atoms with Crippen LogP contribution in [0.25, 0.3) is 0 Å². The van der Waals surface area contributed by atoms with Gasteiger partial charge in [0.2, 0.25) is 0 Å². The minimum Gasteiger partial charge on any atom is -0.393 e. The Morgan fingerprint density at radius 3 is 2.37 bits per heavy atom. The molecule has 1 heterocycles. The van der Waals surface area contributed by atoms with Crippen molar-refractivity contribution < 1.29 is 29.6 Å². The van der Waals surface area contributed by atoms with Crippen LogP contribution in [0.1, 0.15) is 11.7 Å². The van der Waals surface area contributed by atoms with Gasteiger partial charge in [-0.05, 0) is 5.56 Å². The fourth-order valence-corrected chi connectivity index (χ4v) is 1.93. The van der Waals surface area contributed by atoms with Crippen molar-refractivity contribution in [2.24, 2.45) is 0 Å². The summed E-state index contributed by atoms with van der Waals surface area (Å²) in [5.41, 5.74) is -1.61. The maximum atomic E-state index is 11.0. The van der Waals surface area contributed by atoms with Crippen molar-refractivity contribution in [3.8, 4) is 0 Å². The summed E-state index contributed by atoms with van der Waals surface area (Å²) in [5.74, 6) is -0.259. The normalized spacial score (nSPS) is 21.9. The Bertz CT molecular complexity index is 424. The smallest absolute Gasteiger partial charge is 0.192 e. The largest absolute Gasteiger partial charge is 0.393 e. The van der Waals surface area contributed by atoms with Crippen molar-refractivity contribution >= 4 is 5.78 Å². The lowest BCUT2D eigenvalue weighted by Crippen LogP contribution is -2.55. The maximum absolute atomic E-state index is 11.0. The molecule has 1 aromatic rings. The van der Waals surface area contributed by atoms with Gasteiger partial charge >= 0.3 is 0 Å². The first-order valence-corrected chi connectivity index (χ1v) is 5.89. The number of hydrogen-bond acceptors (Lipinski definition) is 6. The van der Waals surface area contributed by atoms with Crippen LogP contribution in [-0.2, 0) is 14.3 Å². The lowest BCUT2D eigenvalue weighted by Gasteiger charge is -2.39. The van der Waals surface area contributed by atoms with Gasteiger partial charge in [-0.25, -0.2) is 0 Å². The number of aliphatic hydroxyl groups excluding tert-OH is 2. The quantitative estimate of drug-likeness (QED) is 0.674. The van der Waals surface area contributed by atoms with E-state index >= 15 is 0 Å². The van der Waals surface area contributed by atoms with E-state index in [1.165, 1.54) is 0 Å². The molecule has 19 heavy (non-hydrogen) atoms. The average Bonchev–Trinajstić information content (AvgIpc) is 2.47. The molecule has 3 N–H and O–H groups in total. The summed E-state index contributed by atoms with van der Waals surface area (Å²) < 4.78 is 10.1. The van der Waals surface area contributed by atoms with Gasteiger partial charge in [0.15, 0.2) is 17.7 Å². The second-order valence-corrected chi connectivity index (χ2v) is 4.46. The summed E-state index contributed by atoms with van der Waals surface area (Å²) in [5, 5.41) is 30.0. The molecule has 6 heteroatoms. The number of Topliss-reactive ketones (excluding diaryl/α,β-unsaturated/α-hetero) is 1. The number of aliphatic hydroxyl groups is 3. The van der Waals surface area contributed by atoms with Crippen LogP contribution in [0.5, 0.6) is 0 Å². The number of benzene rings is 1. The summed E-state index contributed by atoms with van der Waals surface area (Å²) in [6, 6.07) is 8.38. The van der Waals surface area contributed by atoms with Gasteiger partial charge < -0.3 is 24.8 Å². The molecule has 0 saturated carbocycles. The summed E-state index contributed by atoms with van der Waals surface area (Å²) in [6.45, 7) is -1.19. The van der Waals surface area contributed by atoms with Crippen molar-refractivity contribution in [1.29, 1.82) is 0 Å². The van der Waals surface area contributed by atoms with Gasteiger partial charge in [-0.1, -0.05) is 30.3 Å². The van der Waals surface area contributed by atoms with Crippen LogP contribution in [0.2, 0.25) is 0 Å². The van der Waals surface area contributed by atoms with E-state index in [1.54, 1.807) is 30.3 Å². The third kappa shape index (κ3) is 2.83. The van der Waals surface area contributed by atoms with Crippen molar-refractivity contribution in [2.75, 3.05) is 19.8 Å². The van der Waals surface area contributed by atoms with Gasteiger partial charge in [0.05, 0.1) is 6.61 Å². The number of ketones is 1. The molecule has 0 aromatic heterocycles. The number of hydrogen-bond donors (Lipinski definition) is 3. The molecular formula is C13H16O6. The minimum absolute atomic E-state index is 0.214. The molecule has 1 aromatic carbocycles. The molecule has 2 atom stereocenters. The Labute approximate surface area is 110 Å². The molecule has 2 rings (SSSR count). The van der Waals surface area contributed by atoms with Gasteiger partial charge in [-0.2, -0.15) is 0 Å². The van der Waals surface area contributed by atoms with Gasteiger partial charge in [0.1, 0.15) is 19.3 Å². The lowest BCUT2D eigenvalue weighted by molar-refractivity contribution is -0.285. The van der Waals surface area contributed by atoms with E-state index in [4.69, 9.17) is 9.47 Å². The third-order valence-corrected chi connectivity index (χ3v) is 3.04. The number of rotatable bonds is 4. The summed E-state index contributed by atoms with van der Waals surface area (Å²) >= 11 is 0. The zero-order valence-electron chi connectivity index (χ0n) is 10.2. The summed E-state index contributed by atoms with van der Waals surface area (Å²) in [6.07, 6.45) is -2.65. The van der Waals surface area contributed by atoms with Gasteiger partial charge in [-0.3, -0.25) is 4.79 Å². The van der Waals surface area contributed by atoms with Crippen LogP contribution in [-0.4, -0.2) is 52.8 Å². The van der Waals surface area contributed by atoms with Crippen LogP contribution >= 0.6 is 0 Å². The molecule has 1 saturated heterocycles. The Balaban J connectivity index is 2.19. The van der Waals surface area contributed by atoms with Crippen LogP contribution < -0.4 is 0 Å². The molecule has 0 radical (unpaired) electrons. The molecule has 0 aliphatic carbocycles. The van der Waals surface area contributed by atoms with Crippen molar-refractivity contribution in [1.82, 2.24) is 0 Å². The summed E-state index contributed by atoms with van der Waals surface area (Å²) in [4.78, 5) is 11.0. The highest BCUT2D eigenvalue weighted by molar-refractivity contribution is 5.81. The average molecular weight is 268 g/mol. The van der Waals surface area contributed by atoms with Crippen LogP contribution in [0.3, 0.4) is 0 Å². The molecule has 1 aliphatic rings. The Kier molecular flexibility index (Phi) is 4.28. The third-order valence-electron chi connectivity index (χ3n) is 3.04. The molecule has 1 fully saturated rings. The van der Waals surface area contributed by atoms with Gasteiger partial charge in [-0.15, -0.1) is 0 Å². The number of carbonyl (C=O) groups excluding carboxylic acids is 1. The second-order valence-electron chi connectivity index (χ2n) is 4.46. The molecule has 6 nitrogen and oxygen atoms in total. The SMILES string of the molecule is O=C1COC([C@@](O)(CO)[C@@H](O)c2ccccc2)OC1. The molecule has 0 amide bonds. The number of ether oxygens (including phenoxy) is 2. The summed E-state index contributed by atoms with van der Waals surface area (Å²) in [7, 11) is 0. The zero-order chi connectivity index (χ0) is 13.9. The van der Waals surface area contributed by atoms with Gasteiger partial charge in [0, 0.05) is 0 Å². The Hall–Kier alpha value is -1.31. The van der Waals surface area contributed by atoms with Crippen molar-refractivity contribution in [2.45, 2.75) is 18.0 Å². The minimum atomic E-state index is -2.03. The van der Waals surface area contributed by atoms with Crippen molar-refractivity contribution in [3.63, 3.8) is 0 Å². The highest BCUT2D eigenvalue weighted by atomic mass is 16.7. The number of carbonyl (C=O) groups is 1. The standard InChI is InChI=1S/C13H16O6/c14-8-13(17,12-18-6-10(15)7-19-12)11(16)9-4-2-1-3-5-9/h1-5,11-12,14,16-17H,6-8H2/t11-,13+/m0/s1. The Morgan fingerprint density at radius 2 is 1.84 bits per heavy atom. The molecule has 0 unspecified atom stereocenters. The monoisotopic (exact) mass is 268 g/mol. The first kappa shape index (κ1) is 14.1. The highest BCUT2D eigenvalue weighted by Crippen LogP contribution is 2.31.